The Hall–Kier alpha value is -2.04. The van der Waals surface area contributed by atoms with Gasteiger partial charge in [0.15, 0.2) is 0 Å². The Morgan fingerprint density at radius 2 is 1.75 bits per heavy atom. The number of para-hydroxylation sites is 1. The predicted molar refractivity (Wildman–Crippen MR) is 97.4 cm³/mol. The number of anilines is 1. The van der Waals surface area contributed by atoms with E-state index in [2.05, 4.69) is 10.6 Å². The first-order valence-corrected chi connectivity index (χ1v) is 8.87. The zero-order valence-corrected chi connectivity index (χ0v) is 15.0. The normalized spacial score (nSPS) is 15.0. The van der Waals surface area contributed by atoms with Crippen LogP contribution in [0.25, 0.3) is 0 Å². The van der Waals surface area contributed by atoms with Gasteiger partial charge in [-0.05, 0) is 37.8 Å². The highest BCUT2D eigenvalue weighted by atomic mass is 16.2. The number of aryl methyl sites for hydroxylation is 2. The third-order valence-electron chi connectivity index (χ3n) is 4.65. The topological polar surface area (TPSA) is 61.4 Å². The number of hydrogen-bond donors (Lipinski definition) is 2. The van der Waals surface area contributed by atoms with Gasteiger partial charge in [-0.25, -0.2) is 4.79 Å². The highest BCUT2D eigenvalue weighted by molar-refractivity contribution is 5.93. The van der Waals surface area contributed by atoms with Gasteiger partial charge in [0.25, 0.3) is 0 Å². The van der Waals surface area contributed by atoms with E-state index in [1.807, 2.05) is 32.0 Å². The van der Waals surface area contributed by atoms with Crippen LogP contribution in [0.4, 0.5) is 10.5 Å². The number of carbonyl (C=O) groups excluding carboxylic acids is 2. The highest BCUT2D eigenvalue weighted by Crippen LogP contribution is 2.24. The third-order valence-corrected chi connectivity index (χ3v) is 4.65. The lowest BCUT2D eigenvalue weighted by Gasteiger charge is -2.26. The van der Waals surface area contributed by atoms with Crippen molar-refractivity contribution in [2.45, 2.75) is 58.9 Å². The van der Waals surface area contributed by atoms with Gasteiger partial charge in [0.05, 0.1) is 0 Å². The fourth-order valence-corrected chi connectivity index (χ4v) is 3.42. The summed E-state index contributed by atoms with van der Waals surface area (Å²) >= 11 is 0. The molecule has 1 fully saturated rings. The van der Waals surface area contributed by atoms with Crippen LogP contribution < -0.4 is 15.5 Å². The molecule has 0 saturated heterocycles. The van der Waals surface area contributed by atoms with Gasteiger partial charge in [0, 0.05) is 31.7 Å². The van der Waals surface area contributed by atoms with Gasteiger partial charge in [0.1, 0.15) is 0 Å². The molecule has 0 aliphatic heterocycles. The molecular formula is C19H29N3O2. The van der Waals surface area contributed by atoms with E-state index in [1.54, 1.807) is 11.8 Å². The van der Waals surface area contributed by atoms with E-state index in [-0.39, 0.29) is 11.9 Å². The lowest BCUT2D eigenvalue weighted by atomic mass is 9.96. The van der Waals surface area contributed by atoms with Gasteiger partial charge in [-0.2, -0.15) is 0 Å². The number of carbonyl (C=O) groups is 2. The summed E-state index contributed by atoms with van der Waals surface area (Å²) in [5.74, 6) is -0.0121. The second kappa shape index (κ2) is 8.71. The van der Waals surface area contributed by atoms with Crippen molar-refractivity contribution < 1.29 is 9.59 Å². The molecule has 0 unspecified atom stereocenters. The summed E-state index contributed by atoms with van der Waals surface area (Å²) in [4.78, 5) is 25.8. The summed E-state index contributed by atoms with van der Waals surface area (Å²) in [6.07, 6.45) is 5.78. The predicted octanol–water partition coefficient (Wildman–Crippen LogP) is 3.29. The maximum absolute atomic E-state index is 12.0. The van der Waals surface area contributed by atoms with Gasteiger partial charge < -0.3 is 15.5 Å². The second-order valence-corrected chi connectivity index (χ2v) is 6.65. The van der Waals surface area contributed by atoms with E-state index >= 15 is 0 Å². The quantitative estimate of drug-likeness (QED) is 0.870. The minimum Gasteiger partial charge on any atom is -0.336 e. The van der Waals surface area contributed by atoms with Crippen molar-refractivity contribution in [3.63, 3.8) is 0 Å². The molecule has 2 N–H and O–H groups in total. The fourth-order valence-electron chi connectivity index (χ4n) is 3.42. The summed E-state index contributed by atoms with van der Waals surface area (Å²) < 4.78 is 0. The molecule has 0 atom stereocenters. The lowest BCUT2D eigenvalue weighted by molar-refractivity contribution is -0.116. The monoisotopic (exact) mass is 331 g/mol. The molecule has 0 radical (unpaired) electrons. The summed E-state index contributed by atoms with van der Waals surface area (Å²) in [7, 11) is 0. The van der Waals surface area contributed by atoms with Crippen LogP contribution in [-0.2, 0) is 4.79 Å². The molecule has 1 aromatic carbocycles. The van der Waals surface area contributed by atoms with Crippen molar-refractivity contribution in [1.29, 1.82) is 0 Å². The molecule has 5 nitrogen and oxygen atoms in total. The molecule has 0 bridgehead atoms. The molecule has 24 heavy (non-hydrogen) atoms. The number of nitrogens with zero attached hydrogens (tertiary/aromatic N) is 1. The van der Waals surface area contributed by atoms with Crippen molar-refractivity contribution in [1.82, 2.24) is 10.6 Å². The number of benzene rings is 1. The molecule has 1 saturated carbocycles. The zero-order chi connectivity index (χ0) is 17.5. The number of rotatable bonds is 5. The van der Waals surface area contributed by atoms with Gasteiger partial charge in [-0.15, -0.1) is 0 Å². The molecule has 2 rings (SSSR count). The number of nitrogens with one attached hydrogen (secondary N) is 2. The minimum absolute atomic E-state index is 0.0121. The molecule has 3 amide bonds. The lowest BCUT2D eigenvalue weighted by Crippen LogP contribution is -2.45. The van der Waals surface area contributed by atoms with Crippen LogP contribution in [0.1, 0.15) is 50.2 Å². The first-order valence-electron chi connectivity index (χ1n) is 8.87. The summed E-state index contributed by atoms with van der Waals surface area (Å²) in [5, 5.41) is 5.91. The number of hydrogen-bond acceptors (Lipinski definition) is 2. The molecular weight excluding hydrogens is 302 g/mol. The van der Waals surface area contributed by atoms with E-state index < -0.39 is 0 Å². The van der Waals surface area contributed by atoms with Crippen molar-refractivity contribution in [2.24, 2.45) is 0 Å². The standard InChI is InChI=1S/C19H29N3O2/c1-14-8-7-9-15(2)18(14)22(16(3)23)13-12-20-19(24)21-17-10-5-4-6-11-17/h7-9,17H,4-6,10-13H2,1-3H3,(H2,20,21,24). The van der Waals surface area contributed by atoms with Crippen LogP contribution in [0.15, 0.2) is 18.2 Å². The highest BCUT2D eigenvalue weighted by Gasteiger charge is 2.18. The SMILES string of the molecule is CC(=O)N(CCNC(=O)NC1CCCCC1)c1c(C)cccc1C. The first kappa shape index (κ1) is 18.3. The smallest absolute Gasteiger partial charge is 0.315 e. The van der Waals surface area contributed by atoms with E-state index in [1.165, 1.54) is 19.3 Å². The van der Waals surface area contributed by atoms with Crippen LogP contribution >= 0.6 is 0 Å². The van der Waals surface area contributed by atoms with Crippen LogP contribution in [0.2, 0.25) is 0 Å². The van der Waals surface area contributed by atoms with Crippen molar-refractivity contribution in [3.8, 4) is 0 Å². The first-order chi connectivity index (χ1) is 11.5. The Labute approximate surface area is 144 Å². The van der Waals surface area contributed by atoms with Crippen molar-refractivity contribution in [2.75, 3.05) is 18.0 Å². The summed E-state index contributed by atoms with van der Waals surface area (Å²) in [5.41, 5.74) is 3.08. The summed E-state index contributed by atoms with van der Waals surface area (Å²) in [6.45, 7) is 6.47. The van der Waals surface area contributed by atoms with Gasteiger partial charge in [-0.1, -0.05) is 37.5 Å². The molecule has 1 aliphatic carbocycles. The average molecular weight is 331 g/mol. The number of urea groups is 1. The molecule has 1 aliphatic rings. The van der Waals surface area contributed by atoms with Crippen LogP contribution in [0, 0.1) is 13.8 Å². The molecule has 5 heteroatoms. The van der Waals surface area contributed by atoms with Gasteiger partial charge in [-0.3, -0.25) is 4.79 Å². The molecule has 1 aromatic rings. The van der Waals surface area contributed by atoms with Crippen molar-refractivity contribution >= 4 is 17.6 Å². The maximum Gasteiger partial charge on any atom is 0.315 e. The Kier molecular flexibility index (Phi) is 6.64. The largest absolute Gasteiger partial charge is 0.336 e. The second-order valence-electron chi connectivity index (χ2n) is 6.65. The van der Waals surface area contributed by atoms with Gasteiger partial charge in [0.2, 0.25) is 5.91 Å². The molecule has 0 heterocycles. The number of amides is 3. The van der Waals surface area contributed by atoms with Crippen LogP contribution in [0.3, 0.4) is 0 Å². The van der Waals surface area contributed by atoms with E-state index in [9.17, 15) is 9.59 Å². The fraction of sp³-hybridized carbons (Fsp3) is 0.579. The van der Waals surface area contributed by atoms with E-state index in [0.717, 1.165) is 29.7 Å². The summed E-state index contributed by atoms with van der Waals surface area (Å²) in [6, 6.07) is 6.15. The Morgan fingerprint density at radius 3 is 2.33 bits per heavy atom. The minimum atomic E-state index is -0.132. The van der Waals surface area contributed by atoms with E-state index in [0.29, 0.717) is 19.1 Å². The Balaban J connectivity index is 1.88. The molecule has 0 aromatic heterocycles. The zero-order valence-electron chi connectivity index (χ0n) is 15.0. The van der Waals surface area contributed by atoms with Crippen LogP contribution in [-0.4, -0.2) is 31.1 Å². The molecule has 0 spiro atoms. The Morgan fingerprint density at radius 1 is 1.12 bits per heavy atom. The third kappa shape index (κ3) is 4.98. The molecule has 132 valence electrons. The van der Waals surface area contributed by atoms with Crippen LogP contribution in [0.5, 0.6) is 0 Å². The average Bonchev–Trinajstić information content (AvgIpc) is 2.53. The van der Waals surface area contributed by atoms with Crippen molar-refractivity contribution in [3.05, 3.63) is 29.3 Å². The van der Waals surface area contributed by atoms with E-state index in [4.69, 9.17) is 0 Å². The Bertz CT molecular complexity index is 560. The maximum atomic E-state index is 12.0. The van der Waals surface area contributed by atoms with Gasteiger partial charge >= 0.3 is 6.03 Å².